The highest BCUT2D eigenvalue weighted by molar-refractivity contribution is 6.34. The largest absolute Gasteiger partial charge is 0.399 e. The number of anilines is 2. The van der Waals surface area contributed by atoms with Crippen LogP contribution in [0.25, 0.3) is 0 Å². The van der Waals surface area contributed by atoms with Crippen LogP contribution >= 0.6 is 11.6 Å². The van der Waals surface area contributed by atoms with Crippen molar-refractivity contribution in [3.05, 3.63) is 35.0 Å². The monoisotopic (exact) mass is 294 g/mol. The summed E-state index contributed by atoms with van der Waals surface area (Å²) in [5, 5.41) is 14.6. The van der Waals surface area contributed by atoms with E-state index in [1.165, 1.54) is 12.3 Å². The Kier molecular flexibility index (Phi) is 6.37. The zero-order valence-corrected chi connectivity index (χ0v) is 11.7. The molecule has 6 nitrogen and oxygen atoms in total. The molecule has 106 valence electrons. The van der Waals surface area contributed by atoms with Crippen molar-refractivity contribution < 1.29 is 9.53 Å². The molecule has 1 amide bonds. The maximum atomic E-state index is 11.9. The van der Waals surface area contributed by atoms with E-state index >= 15 is 0 Å². The molecule has 0 atom stereocenters. The van der Waals surface area contributed by atoms with Crippen LogP contribution in [0.4, 0.5) is 11.4 Å². The highest BCUT2D eigenvalue weighted by Crippen LogP contribution is 2.24. The molecule has 0 fully saturated rings. The average Bonchev–Trinajstić information content (AvgIpc) is 2.42. The van der Waals surface area contributed by atoms with E-state index in [0.717, 1.165) is 0 Å². The number of ether oxygens (including phenoxy) is 1. The molecule has 1 aromatic rings. The van der Waals surface area contributed by atoms with Crippen LogP contribution in [0.1, 0.15) is 0 Å². The molecule has 0 aromatic heterocycles. The summed E-state index contributed by atoms with van der Waals surface area (Å²) >= 11 is 5.94. The van der Waals surface area contributed by atoms with Crippen LogP contribution in [0.3, 0.4) is 0 Å². The van der Waals surface area contributed by atoms with E-state index in [4.69, 9.17) is 27.3 Å². The first-order valence-electron chi connectivity index (χ1n) is 5.77. The molecule has 0 heterocycles. The number of nitriles is 1. The van der Waals surface area contributed by atoms with Gasteiger partial charge in [-0.3, -0.25) is 4.79 Å². The van der Waals surface area contributed by atoms with Crippen molar-refractivity contribution >= 4 is 28.9 Å². The van der Waals surface area contributed by atoms with Gasteiger partial charge in [-0.25, -0.2) is 0 Å². The first-order chi connectivity index (χ1) is 9.58. The lowest BCUT2D eigenvalue weighted by Gasteiger charge is -2.07. The van der Waals surface area contributed by atoms with Gasteiger partial charge in [0.25, 0.3) is 5.91 Å². The lowest BCUT2D eigenvalue weighted by Crippen LogP contribution is -2.19. The molecule has 1 rings (SSSR count). The quantitative estimate of drug-likeness (QED) is 0.319. The van der Waals surface area contributed by atoms with E-state index in [1.54, 1.807) is 19.2 Å². The van der Waals surface area contributed by atoms with E-state index < -0.39 is 5.91 Å². The van der Waals surface area contributed by atoms with Crippen LogP contribution in [0.2, 0.25) is 5.02 Å². The van der Waals surface area contributed by atoms with E-state index in [-0.39, 0.29) is 5.57 Å². The summed E-state index contributed by atoms with van der Waals surface area (Å²) in [7, 11) is 1.56. The van der Waals surface area contributed by atoms with Crippen LogP contribution in [0.15, 0.2) is 30.0 Å². The SMILES string of the molecule is COCCN/C=C(/C#N)C(=O)Nc1ccc(N)cc1Cl. The Morgan fingerprint density at radius 3 is 2.95 bits per heavy atom. The van der Waals surface area contributed by atoms with E-state index in [0.29, 0.717) is 29.5 Å². The van der Waals surface area contributed by atoms with Crippen molar-refractivity contribution in [1.82, 2.24) is 5.32 Å². The number of nitrogens with zero attached hydrogens (tertiary/aromatic N) is 1. The summed E-state index contributed by atoms with van der Waals surface area (Å²) in [5.74, 6) is -0.552. The number of carbonyl (C=O) groups is 1. The minimum absolute atomic E-state index is 0.0611. The number of benzene rings is 1. The molecule has 20 heavy (non-hydrogen) atoms. The molecule has 1 aromatic carbocycles. The number of hydrogen-bond donors (Lipinski definition) is 3. The topological polar surface area (TPSA) is 100 Å². The zero-order chi connectivity index (χ0) is 15.0. The average molecular weight is 295 g/mol. The van der Waals surface area contributed by atoms with Crippen molar-refractivity contribution in [1.29, 1.82) is 5.26 Å². The van der Waals surface area contributed by atoms with Crippen molar-refractivity contribution in [2.45, 2.75) is 0 Å². The minimum atomic E-state index is -0.552. The summed E-state index contributed by atoms with van der Waals surface area (Å²) < 4.78 is 4.84. The molecule has 4 N–H and O–H groups in total. The normalized spacial score (nSPS) is 10.8. The van der Waals surface area contributed by atoms with Gasteiger partial charge in [0.15, 0.2) is 0 Å². The van der Waals surface area contributed by atoms with Crippen LogP contribution in [0.5, 0.6) is 0 Å². The molecule has 0 aliphatic heterocycles. The molecule has 0 aliphatic carbocycles. The fraction of sp³-hybridized carbons (Fsp3) is 0.231. The van der Waals surface area contributed by atoms with Gasteiger partial charge in [0.2, 0.25) is 0 Å². The lowest BCUT2D eigenvalue weighted by molar-refractivity contribution is -0.112. The maximum absolute atomic E-state index is 11.9. The molecule has 0 bridgehead atoms. The Morgan fingerprint density at radius 1 is 1.60 bits per heavy atom. The molecule has 0 unspecified atom stereocenters. The van der Waals surface area contributed by atoms with Crippen LogP contribution < -0.4 is 16.4 Å². The molecule has 7 heteroatoms. The minimum Gasteiger partial charge on any atom is -0.399 e. The van der Waals surface area contributed by atoms with Crippen LogP contribution in [-0.4, -0.2) is 26.2 Å². The number of hydrogen-bond acceptors (Lipinski definition) is 5. The molecule has 0 saturated carbocycles. The second kappa shape index (κ2) is 8.04. The summed E-state index contributed by atoms with van der Waals surface area (Å²) in [4.78, 5) is 11.9. The summed E-state index contributed by atoms with van der Waals surface area (Å²) in [5.41, 5.74) is 6.38. The number of nitrogens with one attached hydrogen (secondary N) is 2. The number of carbonyl (C=O) groups excluding carboxylic acids is 1. The van der Waals surface area contributed by atoms with Gasteiger partial charge in [0.05, 0.1) is 17.3 Å². The smallest absolute Gasteiger partial charge is 0.267 e. The molecule has 0 radical (unpaired) electrons. The van der Waals surface area contributed by atoms with E-state index in [2.05, 4.69) is 10.6 Å². The Hall–Kier alpha value is -2.23. The standard InChI is InChI=1S/C13H15ClN4O2/c1-20-5-4-17-8-9(7-15)13(19)18-12-3-2-10(16)6-11(12)14/h2-3,6,8,17H,4-5,16H2,1H3,(H,18,19)/b9-8-. The van der Waals surface area contributed by atoms with Gasteiger partial charge in [-0.1, -0.05) is 11.6 Å². The molecule has 0 saturated heterocycles. The molecular weight excluding hydrogens is 280 g/mol. The fourth-order valence-electron chi connectivity index (χ4n) is 1.31. The molecule has 0 spiro atoms. The lowest BCUT2D eigenvalue weighted by atomic mass is 10.2. The van der Waals surface area contributed by atoms with Crippen molar-refractivity contribution in [2.24, 2.45) is 0 Å². The Labute approximate surface area is 122 Å². The second-order valence-electron chi connectivity index (χ2n) is 3.81. The summed E-state index contributed by atoms with van der Waals surface area (Å²) in [6.07, 6.45) is 1.33. The van der Waals surface area contributed by atoms with Gasteiger partial charge in [0.1, 0.15) is 11.6 Å². The number of amides is 1. The molecule has 0 aliphatic rings. The van der Waals surface area contributed by atoms with Gasteiger partial charge < -0.3 is 21.1 Å². The Bertz CT molecular complexity index is 552. The van der Waals surface area contributed by atoms with Gasteiger partial charge in [0, 0.05) is 25.5 Å². The van der Waals surface area contributed by atoms with E-state index in [1.807, 2.05) is 6.07 Å². The number of nitrogen functional groups attached to an aromatic ring is 1. The second-order valence-corrected chi connectivity index (χ2v) is 4.22. The van der Waals surface area contributed by atoms with Crippen molar-refractivity contribution in [2.75, 3.05) is 31.3 Å². The summed E-state index contributed by atoms with van der Waals surface area (Å²) in [6.45, 7) is 0.970. The fourth-order valence-corrected chi connectivity index (χ4v) is 1.54. The third-order valence-electron chi connectivity index (χ3n) is 2.30. The number of nitrogens with two attached hydrogens (primary N) is 1. The van der Waals surface area contributed by atoms with Gasteiger partial charge in [-0.15, -0.1) is 0 Å². The number of methoxy groups -OCH3 is 1. The number of halogens is 1. The van der Waals surface area contributed by atoms with Gasteiger partial charge >= 0.3 is 0 Å². The third kappa shape index (κ3) is 4.80. The predicted molar refractivity (Wildman–Crippen MR) is 78.1 cm³/mol. The van der Waals surface area contributed by atoms with Gasteiger partial charge in [-0.2, -0.15) is 5.26 Å². The summed E-state index contributed by atoms with van der Waals surface area (Å²) in [6, 6.07) is 6.50. The third-order valence-corrected chi connectivity index (χ3v) is 2.62. The zero-order valence-electron chi connectivity index (χ0n) is 10.9. The Balaban J connectivity index is 2.70. The Morgan fingerprint density at radius 2 is 2.35 bits per heavy atom. The van der Waals surface area contributed by atoms with Crippen LogP contribution in [0, 0.1) is 11.3 Å². The van der Waals surface area contributed by atoms with Crippen LogP contribution in [-0.2, 0) is 9.53 Å². The van der Waals surface area contributed by atoms with Crippen molar-refractivity contribution in [3.63, 3.8) is 0 Å². The highest BCUT2D eigenvalue weighted by Gasteiger charge is 2.11. The predicted octanol–water partition coefficient (Wildman–Crippen LogP) is 1.50. The van der Waals surface area contributed by atoms with Crippen molar-refractivity contribution in [3.8, 4) is 6.07 Å². The first kappa shape index (κ1) is 15.8. The highest BCUT2D eigenvalue weighted by atomic mass is 35.5. The molecular formula is C13H15ClN4O2. The number of rotatable bonds is 6. The van der Waals surface area contributed by atoms with E-state index in [9.17, 15) is 4.79 Å². The first-order valence-corrected chi connectivity index (χ1v) is 6.15. The van der Waals surface area contributed by atoms with Gasteiger partial charge in [-0.05, 0) is 18.2 Å². The maximum Gasteiger partial charge on any atom is 0.267 e.